The standard InChI is InChI=1S/C28H39ClN4O3S/c1-3-4-5-6-7-8-9-10-11-12-13-14-15-16-21-37(34,35)36-24-17-18-25(29)27(22-24)33-26(19-20-30)28(23-31)32-2/h17-18,22,33H,3-16,19,21H2,1H3/b28-26+. The quantitative estimate of drug-likeness (QED) is 0.0759. The first-order chi connectivity index (χ1) is 17.9. The summed E-state index contributed by atoms with van der Waals surface area (Å²) in [5.41, 5.74) is 0.0613. The smallest absolute Gasteiger partial charge is 0.309 e. The molecule has 0 unspecified atom stereocenters. The van der Waals surface area contributed by atoms with Crippen molar-refractivity contribution in [3.63, 3.8) is 0 Å². The Labute approximate surface area is 228 Å². The maximum atomic E-state index is 12.4. The van der Waals surface area contributed by atoms with Crippen molar-refractivity contribution in [1.82, 2.24) is 0 Å². The molecule has 7 nitrogen and oxygen atoms in total. The van der Waals surface area contributed by atoms with E-state index in [1.807, 2.05) is 6.07 Å². The van der Waals surface area contributed by atoms with Gasteiger partial charge in [0.05, 0.1) is 41.6 Å². The Morgan fingerprint density at radius 3 is 2.00 bits per heavy atom. The van der Waals surface area contributed by atoms with Gasteiger partial charge in [0, 0.05) is 11.8 Å². The number of halogens is 1. The van der Waals surface area contributed by atoms with Gasteiger partial charge in [-0.3, -0.25) is 0 Å². The van der Waals surface area contributed by atoms with Gasteiger partial charge in [0.2, 0.25) is 0 Å². The minimum absolute atomic E-state index is 0.0647. The van der Waals surface area contributed by atoms with Gasteiger partial charge in [0.1, 0.15) is 5.75 Å². The Bertz CT molecular complexity index is 1070. The fourth-order valence-corrected chi connectivity index (χ4v) is 5.11. The van der Waals surface area contributed by atoms with Crippen LogP contribution in [0.1, 0.15) is 103 Å². The summed E-state index contributed by atoms with van der Waals surface area (Å²) in [5, 5.41) is 21.1. The zero-order chi connectivity index (χ0) is 27.4. The highest BCUT2D eigenvalue weighted by molar-refractivity contribution is 7.87. The van der Waals surface area contributed by atoms with Crippen molar-refractivity contribution in [2.75, 3.05) is 11.1 Å². The molecule has 202 valence electrons. The number of hydrogen-bond donors (Lipinski definition) is 1. The van der Waals surface area contributed by atoms with Gasteiger partial charge in [-0.15, -0.1) is 0 Å². The molecule has 9 heteroatoms. The molecular formula is C28H39ClN4O3S. The first-order valence-corrected chi connectivity index (χ1v) is 15.2. The van der Waals surface area contributed by atoms with Crippen LogP contribution in [0.4, 0.5) is 5.69 Å². The van der Waals surface area contributed by atoms with Gasteiger partial charge in [-0.25, -0.2) is 10.1 Å². The summed E-state index contributed by atoms with van der Waals surface area (Å²) < 4.78 is 30.1. The summed E-state index contributed by atoms with van der Waals surface area (Å²) in [6.07, 6.45) is 16.4. The zero-order valence-electron chi connectivity index (χ0n) is 21.9. The van der Waals surface area contributed by atoms with E-state index in [1.165, 1.54) is 82.4 Å². The van der Waals surface area contributed by atoms with E-state index in [4.69, 9.17) is 32.9 Å². The number of allylic oxidation sites excluding steroid dienone is 2. The predicted octanol–water partition coefficient (Wildman–Crippen LogP) is 8.51. The predicted molar refractivity (Wildman–Crippen MR) is 149 cm³/mol. The summed E-state index contributed by atoms with van der Waals surface area (Å²) in [6, 6.07) is 7.88. The van der Waals surface area contributed by atoms with Crippen molar-refractivity contribution in [3.05, 3.63) is 46.0 Å². The van der Waals surface area contributed by atoms with Crippen LogP contribution in [0.2, 0.25) is 5.02 Å². The molecule has 0 atom stereocenters. The van der Waals surface area contributed by atoms with Gasteiger partial charge < -0.3 is 9.50 Å². The van der Waals surface area contributed by atoms with E-state index >= 15 is 0 Å². The second kappa shape index (κ2) is 19.4. The van der Waals surface area contributed by atoms with Crippen molar-refractivity contribution in [1.29, 1.82) is 10.5 Å². The number of nitriles is 2. The molecule has 37 heavy (non-hydrogen) atoms. The minimum Gasteiger partial charge on any atom is -0.382 e. The van der Waals surface area contributed by atoms with Crippen LogP contribution in [0.5, 0.6) is 5.75 Å². The van der Waals surface area contributed by atoms with Crippen molar-refractivity contribution in [2.45, 2.75) is 103 Å². The molecule has 0 fully saturated rings. The largest absolute Gasteiger partial charge is 0.382 e. The Morgan fingerprint density at radius 2 is 1.51 bits per heavy atom. The molecule has 0 aliphatic heterocycles. The summed E-state index contributed by atoms with van der Waals surface area (Å²) in [6.45, 7) is 9.32. The van der Waals surface area contributed by atoms with Gasteiger partial charge in [-0.05, 0) is 18.6 Å². The van der Waals surface area contributed by atoms with E-state index in [9.17, 15) is 8.42 Å². The molecule has 0 bridgehead atoms. The second-order valence-electron chi connectivity index (χ2n) is 9.09. The first kappa shape index (κ1) is 32.3. The number of unbranched alkanes of at least 4 members (excludes halogenated alkanes) is 13. The average Bonchev–Trinajstić information content (AvgIpc) is 2.87. The molecule has 0 spiro atoms. The highest BCUT2D eigenvalue weighted by Crippen LogP contribution is 2.30. The molecule has 1 aromatic rings. The van der Waals surface area contributed by atoms with Gasteiger partial charge in [0.15, 0.2) is 0 Å². The lowest BCUT2D eigenvalue weighted by atomic mass is 10.0. The Hall–Kier alpha value is -2.73. The van der Waals surface area contributed by atoms with Crippen LogP contribution in [0.3, 0.4) is 0 Å². The number of nitrogens with one attached hydrogen (secondary N) is 1. The van der Waals surface area contributed by atoms with Crippen LogP contribution in [-0.4, -0.2) is 14.2 Å². The summed E-state index contributed by atoms with van der Waals surface area (Å²) in [7, 11) is -3.78. The van der Waals surface area contributed by atoms with Crippen LogP contribution < -0.4 is 9.50 Å². The topological polar surface area (TPSA) is 107 Å². The molecule has 0 heterocycles. The van der Waals surface area contributed by atoms with Gasteiger partial charge in [0.25, 0.3) is 5.70 Å². The van der Waals surface area contributed by atoms with Crippen molar-refractivity contribution >= 4 is 27.4 Å². The molecule has 0 radical (unpaired) electrons. The summed E-state index contributed by atoms with van der Waals surface area (Å²) >= 11 is 6.17. The molecule has 1 aromatic carbocycles. The Morgan fingerprint density at radius 1 is 0.973 bits per heavy atom. The van der Waals surface area contributed by atoms with E-state index in [0.29, 0.717) is 6.42 Å². The first-order valence-electron chi connectivity index (χ1n) is 13.2. The molecule has 1 rings (SSSR count). The number of rotatable bonds is 20. The van der Waals surface area contributed by atoms with Crippen molar-refractivity contribution < 1.29 is 12.6 Å². The molecule has 1 N–H and O–H groups in total. The summed E-state index contributed by atoms with van der Waals surface area (Å²) in [4.78, 5) is 3.11. The maximum Gasteiger partial charge on any atom is 0.309 e. The molecule has 0 saturated heterocycles. The molecular weight excluding hydrogens is 508 g/mol. The number of nitrogens with zero attached hydrogens (tertiary/aromatic N) is 3. The molecule has 0 aromatic heterocycles. The van der Waals surface area contributed by atoms with E-state index < -0.39 is 10.1 Å². The lowest BCUT2D eigenvalue weighted by Gasteiger charge is -2.13. The van der Waals surface area contributed by atoms with E-state index in [0.717, 1.165) is 19.3 Å². The fourth-order valence-electron chi connectivity index (χ4n) is 3.90. The van der Waals surface area contributed by atoms with Crippen LogP contribution >= 0.6 is 11.6 Å². The minimum atomic E-state index is -3.78. The molecule has 0 amide bonds. The monoisotopic (exact) mass is 546 g/mol. The highest BCUT2D eigenvalue weighted by atomic mass is 35.5. The number of anilines is 1. The zero-order valence-corrected chi connectivity index (χ0v) is 23.5. The second-order valence-corrected chi connectivity index (χ2v) is 11.2. The van der Waals surface area contributed by atoms with E-state index in [-0.39, 0.29) is 40.0 Å². The van der Waals surface area contributed by atoms with Crippen LogP contribution in [0.25, 0.3) is 4.85 Å². The van der Waals surface area contributed by atoms with Crippen LogP contribution in [-0.2, 0) is 10.1 Å². The number of hydrogen-bond acceptors (Lipinski definition) is 6. The Balaban J connectivity index is 2.38. The van der Waals surface area contributed by atoms with E-state index in [2.05, 4.69) is 17.1 Å². The summed E-state index contributed by atoms with van der Waals surface area (Å²) in [5.74, 6) is -0.0124. The third-order valence-corrected chi connectivity index (χ3v) is 7.52. The van der Waals surface area contributed by atoms with E-state index in [1.54, 1.807) is 6.07 Å². The van der Waals surface area contributed by atoms with Crippen LogP contribution in [0.15, 0.2) is 29.6 Å². The highest BCUT2D eigenvalue weighted by Gasteiger charge is 2.15. The average molecular weight is 547 g/mol. The Kier molecular flexibility index (Phi) is 16.9. The lowest BCUT2D eigenvalue weighted by Crippen LogP contribution is -2.14. The van der Waals surface area contributed by atoms with Gasteiger partial charge in [-0.2, -0.15) is 13.7 Å². The van der Waals surface area contributed by atoms with Gasteiger partial charge >= 0.3 is 10.1 Å². The fraction of sp³-hybridized carbons (Fsp3) is 0.607. The molecule has 0 saturated carbocycles. The van der Waals surface area contributed by atoms with Crippen molar-refractivity contribution in [3.8, 4) is 17.9 Å². The SMILES string of the molecule is [C-]#[N+]/C(C#N)=C(\CC#N)Nc1cc(OS(=O)(=O)CCCCCCCCCCCCCCCC)ccc1Cl. The third kappa shape index (κ3) is 14.6. The normalized spacial score (nSPS) is 11.6. The molecule has 0 aliphatic carbocycles. The van der Waals surface area contributed by atoms with Gasteiger partial charge in [-0.1, -0.05) is 102 Å². The third-order valence-electron chi connectivity index (χ3n) is 5.95. The van der Waals surface area contributed by atoms with Crippen molar-refractivity contribution in [2.24, 2.45) is 0 Å². The molecule has 0 aliphatic rings. The number of benzene rings is 1. The lowest BCUT2D eigenvalue weighted by molar-refractivity contribution is 0.481. The van der Waals surface area contributed by atoms with Crippen LogP contribution in [0, 0.1) is 29.2 Å². The maximum absolute atomic E-state index is 12.4.